The summed E-state index contributed by atoms with van der Waals surface area (Å²) in [5.41, 5.74) is 2.89. The molecule has 4 heteroatoms. The first-order valence-electron chi connectivity index (χ1n) is 7.54. The van der Waals surface area contributed by atoms with Crippen LogP contribution in [0.1, 0.15) is 0 Å². The van der Waals surface area contributed by atoms with E-state index in [1.165, 1.54) is 0 Å². The smallest absolute Gasteiger partial charge is 0.262 e. The number of amides is 1. The molecule has 0 aliphatic heterocycles. The molecule has 0 heterocycles. The van der Waals surface area contributed by atoms with Gasteiger partial charge in [0.2, 0.25) is 0 Å². The second kappa shape index (κ2) is 7.66. The minimum absolute atomic E-state index is 0.0583. The van der Waals surface area contributed by atoms with Gasteiger partial charge in [-0.05, 0) is 41.5 Å². The number of nitrogens with one attached hydrogen (secondary N) is 1. The summed E-state index contributed by atoms with van der Waals surface area (Å²) in [7, 11) is 0. The number of carbonyl (C=O) groups is 1. The molecule has 3 aromatic rings. The molecule has 3 nitrogen and oxygen atoms in total. The van der Waals surface area contributed by atoms with Crippen LogP contribution in [0, 0.1) is 0 Å². The second-order valence-electron chi connectivity index (χ2n) is 5.24. The van der Waals surface area contributed by atoms with Gasteiger partial charge in [0.05, 0.1) is 0 Å². The van der Waals surface area contributed by atoms with Crippen LogP contribution >= 0.6 is 11.6 Å². The first-order chi connectivity index (χ1) is 11.7. The summed E-state index contributed by atoms with van der Waals surface area (Å²) in [6.45, 7) is -0.0583. The average molecular weight is 338 g/mol. The van der Waals surface area contributed by atoms with Crippen molar-refractivity contribution >= 4 is 23.2 Å². The summed E-state index contributed by atoms with van der Waals surface area (Å²) >= 11 is 5.88. The molecular weight excluding hydrogens is 322 g/mol. The van der Waals surface area contributed by atoms with E-state index in [4.69, 9.17) is 16.3 Å². The van der Waals surface area contributed by atoms with Crippen molar-refractivity contribution in [3.8, 4) is 16.9 Å². The van der Waals surface area contributed by atoms with Crippen molar-refractivity contribution in [2.45, 2.75) is 0 Å². The van der Waals surface area contributed by atoms with Crippen LogP contribution < -0.4 is 10.1 Å². The molecule has 120 valence electrons. The largest absolute Gasteiger partial charge is 0.484 e. The lowest BCUT2D eigenvalue weighted by molar-refractivity contribution is -0.118. The molecule has 0 fully saturated rings. The van der Waals surface area contributed by atoms with Crippen molar-refractivity contribution < 1.29 is 9.53 Å². The van der Waals surface area contributed by atoms with Crippen molar-refractivity contribution in [3.63, 3.8) is 0 Å². The third-order valence-corrected chi connectivity index (χ3v) is 3.67. The van der Waals surface area contributed by atoms with Crippen LogP contribution in [0.2, 0.25) is 5.02 Å². The van der Waals surface area contributed by atoms with Gasteiger partial charge in [0, 0.05) is 10.7 Å². The van der Waals surface area contributed by atoms with Crippen LogP contribution in [0.25, 0.3) is 11.1 Å². The van der Waals surface area contributed by atoms with Gasteiger partial charge in [0.15, 0.2) is 6.61 Å². The van der Waals surface area contributed by atoms with E-state index < -0.39 is 0 Å². The Labute approximate surface area is 145 Å². The molecule has 3 rings (SSSR count). The van der Waals surface area contributed by atoms with Gasteiger partial charge in [-0.2, -0.15) is 0 Å². The Morgan fingerprint density at radius 2 is 1.58 bits per heavy atom. The number of anilines is 1. The highest BCUT2D eigenvalue weighted by Crippen LogP contribution is 2.22. The molecule has 3 aromatic carbocycles. The minimum atomic E-state index is -0.232. The molecule has 1 amide bonds. The molecule has 0 aromatic heterocycles. The number of hydrogen-bond acceptors (Lipinski definition) is 2. The zero-order chi connectivity index (χ0) is 16.8. The Morgan fingerprint density at radius 1 is 0.875 bits per heavy atom. The second-order valence-corrected chi connectivity index (χ2v) is 5.67. The molecule has 0 saturated heterocycles. The Balaban J connectivity index is 1.56. The van der Waals surface area contributed by atoms with Crippen LogP contribution in [-0.4, -0.2) is 12.5 Å². The van der Waals surface area contributed by atoms with Crippen molar-refractivity contribution in [2.24, 2.45) is 0 Å². The maximum atomic E-state index is 11.9. The van der Waals surface area contributed by atoms with Crippen LogP contribution in [0.15, 0.2) is 78.9 Å². The van der Waals surface area contributed by atoms with Gasteiger partial charge in [-0.3, -0.25) is 4.79 Å². The Hall–Kier alpha value is -2.78. The van der Waals surface area contributed by atoms with Crippen LogP contribution in [-0.2, 0) is 4.79 Å². The highest BCUT2D eigenvalue weighted by Gasteiger charge is 2.04. The van der Waals surface area contributed by atoms with E-state index in [1.54, 1.807) is 24.3 Å². The molecule has 0 unspecified atom stereocenters. The molecule has 0 aliphatic carbocycles. The zero-order valence-electron chi connectivity index (χ0n) is 12.9. The standard InChI is InChI=1S/C20H16ClNO2/c21-17-7-4-8-18(13-17)22-20(23)14-24-19-11-9-16(10-12-19)15-5-2-1-3-6-15/h1-13H,14H2,(H,22,23). The van der Waals surface area contributed by atoms with Gasteiger partial charge in [-0.1, -0.05) is 60.1 Å². The molecule has 0 radical (unpaired) electrons. The maximum Gasteiger partial charge on any atom is 0.262 e. The quantitative estimate of drug-likeness (QED) is 0.709. The average Bonchev–Trinajstić information content (AvgIpc) is 2.61. The zero-order valence-corrected chi connectivity index (χ0v) is 13.7. The van der Waals surface area contributed by atoms with E-state index in [9.17, 15) is 4.79 Å². The fraction of sp³-hybridized carbons (Fsp3) is 0.0500. The van der Waals surface area contributed by atoms with Gasteiger partial charge >= 0.3 is 0 Å². The molecule has 0 spiro atoms. The summed E-state index contributed by atoms with van der Waals surface area (Å²) in [5.74, 6) is 0.417. The van der Waals surface area contributed by atoms with Gasteiger partial charge in [0.25, 0.3) is 5.91 Å². The van der Waals surface area contributed by atoms with Crippen molar-refractivity contribution in [3.05, 3.63) is 83.9 Å². The SMILES string of the molecule is O=C(COc1ccc(-c2ccccc2)cc1)Nc1cccc(Cl)c1. The Kier molecular flexibility index (Phi) is 5.14. The van der Waals surface area contributed by atoms with E-state index in [0.717, 1.165) is 11.1 Å². The fourth-order valence-corrected chi connectivity index (χ4v) is 2.48. The van der Waals surface area contributed by atoms with Crippen molar-refractivity contribution in [1.82, 2.24) is 0 Å². The lowest BCUT2D eigenvalue weighted by Crippen LogP contribution is -2.20. The molecule has 0 aliphatic rings. The third kappa shape index (κ3) is 4.37. The molecular formula is C20H16ClNO2. The topological polar surface area (TPSA) is 38.3 Å². The molecule has 0 atom stereocenters. The number of halogens is 1. The number of benzene rings is 3. The van der Waals surface area contributed by atoms with Crippen LogP contribution in [0.5, 0.6) is 5.75 Å². The fourth-order valence-electron chi connectivity index (χ4n) is 2.29. The summed E-state index contributed by atoms with van der Waals surface area (Å²) in [4.78, 5) is 11.9. The van der Waals surface area contributed by atoms with Crippen molar-refractivity contribution in [2.75, 3.05) is 11.9 Å². The van der Waals surface area contributed by atoms with Gasteiger partial charge < -0.3 is 10.1 Å². The van der Waals surface area contributed by atoms with Crippen molar-refractivity contribution in [1.29, 1.82) is 0 Å². The summed E-state index contributed by atoms with van der Waals surface area (Å²) < 4.78 is 5.52. The monoisotopic (exact) mass is 337 g/mol. The number of hydrogen-bond donors (Lipinski definition) is 1. The van der Waals surface area contributed by atoms with Gasteiger partial charge in [0.1, 0.15) is 5.75 Å². The van der Waals surface area contributed by atoms with E-state index in [0.29, 0.717) is 16.5 Å². The first kappa shape index (κ1) is 16.1. The molecule has 0 saturated carbocycles. The van der Waals surface area contributed by atoms with Gasteiger partial charge in [-0.15, -0.1) is 0 Å². The van der Waals surface area contributed by atoms with Crippen LogP contribution in [0.4, 0.5) is 5.69 Å². The van der Waals surface area contributed by atoms with E-state index in [1.807, 2.05) is 54.6 Å². The summed E-state index contributed by atoms with van der Waals surface area (Å²) in [6.07, 6.45) is 0. The Morgan fingerprint density at radius 3 is 2.29 bits per heavy atom. The first-order valence-corrected chi connectivity index (χ1v) is 7.92. The molecule has 1 N–H and O–H groups in total. The molecule has 0 bridgehead atoms. The predicted octanol–water partition coefficient (Wildman–Crippen LogP) is 5.02. The maximum absolute atomic E-state index is 11.9. The third-order valence-electron chi connectivity index (χ3n) is 3.44. The summed E-state index contributed by atoms with van der Waals surface area (Å²) in [5, 5.41) is 3.32. The lowest BCUT2D eigenvalue weighted by atomic mass is 10.1. The molecule has 24 heavy (non-hydrogen) atoms. The predicted molar refractivity (Wildman–Crippen MR) is 97.5 cm³/mol. The van der Waals surface area contributed by atoms with Crippen LogP contribution in [0.3, 0.4) is 0 Å². The summed E-state index contributed by atoms with van der Waals surface area (Å²) in [6, 6.07) is 24.7. The van der Waals surface area contributed by atoms with E-state index in [2.05, 4.69) is 5.32 Å². The van der Waals surface area contributed by atoms with E-state index in [-0.39, 0.29) is 12.5 Å². The minimum Gasteiger partial charge on any atom is -0.484 e. The normalized spacial score (nSPS) is 10.2. The lowest BCUT2D eigenvalue weighted by Gasteiger charge is -2.08. The highest BCUT2D eigenvalue weighted by atomic mass is 35.5. The number of rotatable bonds is 5. The highest BCUT2D eigenvalue weighted by molar-refractivity contribution is 6.30. The van der Waals surface area contributed by atoms with E-state index >= 15 is 0 Å². The number of carbonyl (C=O) groups excluding carboxylic acids is 1. The Bertz CT molecular complexity index is 817. The number of ether oxygens (including phenoxy) is 1. The van der Waals surface area contributed by atoms with Gasteiger partial charge in [-0.25, -0.2) is 0 Å².